The first-order valence-electron chi connectivity index (χ1n) is 7.02. The van der Waals surface area contributed by atoms with Gasteiger partial charge in [0.25, 0.3) is 0 Å². The summed E-state index contributed by atoms with van der Waals surface area (Å²) in [5.41, 5.74) is 1.00. The Morgan fingerprint density at radius 1 is 1.40 bits per heavy atom. The van der Waals surface area contributed by atoms with Gasteiger partial charge >= 0.3 is 0 Å². The van der Waals surface area contributed by atoms with Gasteiger partial charge in [0.1, 0.15) is 11.6 Å². The molecular formula is C14H18ClN5. The minimum atomic E-state index is 0.502. The molecule has 0 saturated heterocycles. The lowest BCUT2D eigenvalue weighted by molar-refractivity contribution is 0.798. The molecule has 106 valence electrons. The molecule has 6 heteroatoms. The SMILES string of the molecule is CCCNc1nc(C2CC2)nc(-n2cc(Cl)cn2)c1C. The molecule has 0 aromatic carbocycles. The van der Waals surface area contributed by atoms with Gasteiger partial charge in [0.05, 0.1) is 17.4 Å². The number of halogens is 1. The minimum Gasteiger partial charge on any atom is -0.370 e. The average Bonchev–Trinajstić information content (AvgIpc) is 3.20. The Kier molecular flexibility index (Phi) is 3.61. The number of nitrogens with one attached hydrogen (secondary N) is 1. The van der Waals surface area contributed by atoms with Crippen LogP contribution in [0.2, 0.25) is 5.02 Å². The highest BCUT2D eigenvalue weighted by atomic mass is 35.5. The largest absolute Gasteiger partial charge is 0.370 e. The zero-order valence-electron chi connectivity index (χ0n) is 11.7. The lowest BCUT2D eigenvalue weighted by Gasteiger charge is -2.13. The van der Waals surface area contributed by atoms with Crippen LogP contribution in [0, 0.1) is 6.92 Å². The van der Waals surface area contributed by atoms with Crippen molar-refractivity contribution in [2.75, 3.05) is 11.9 Å². The predicted molar refractivity (Wildman–Crippen MR) is 79.7 cm³/mol. The highest BCUT2D eigenvalue weighted by molar-refractivity contribution is 6.30. The van der Waals surface area contributed by atoms with Gasteiger partial charge in [-0.3, -0.25) is 0 Å². The third-order valence-electron chi connectivity index (χ3n) is 3.39. The predicted octanol–water partition coefficient (Wildman–Crippen LogP) is 3.32. The van der Waals surface area contributed by atoms with E-state index < -0.39 is 0 Å². The maximum atomic E-state index is 5.96. The van der Waals surface area contributed by atoms with E-state index in [0.29, 0.717) is 10.9 Å². The topological polar surface area (TPSA) is 55.6 Å². The molecule has 1 saturated carbocycles. The first-order valence-corrected chi connectivity index (χ1v) is 7.39. The second-order valence-electron chi connectivity index (χ2n) is 5.18. The van der Waals surface area contributed by atoms with Crippen LogP contribution in [0.5, 0.6) is 0 Å². The molecule has 1 aliphatic carbocycles. The van der Waals surface area contributed by atoms with Gasteiger partial charge in [-0.1, -0.05) is 18.5 Å². The molecule has 20 heavy (non-hydrogen) atoms. The van der Waals surface area contributed by atoms with Gasteiger partial charge in [0.15, 0.2) is 5.82 Å². The van der Waals surface area contributed by atoms with Crippen molar-refractivity contribution in [3.8, 4) is 5.82 Å². The van der Waals surface area contributed by atoms with E-state index in [0.717, 1.165) is 36.0 Å². The van der Waals surface area contributed by atoms with Gasteiger partial charge in [0.2, 0.25) is 0 Å². The Morgan fingerprint density at radius 3 is 2.80 bits per heavy atom. The summed E-state index contributed by atoms with van der Waals surface area (Å²) < 4.78 is 1.72. The summed E-state index contributed by atoms with van der Waals surface area (Å²) >= 11 is 5.96. The van der Waals surface area contributed by atoms with Crippen molar-refractivity contribution in [1.82, 2.24) is 19.7 Å². The van der Waals surface area contributed by atoms with Gasteiger partial charge in [-0.15, -0.1) is 0 Å². The van der Waals surface area contributed by atoms with Crippen molar-refractivity contribution in [3.63, 3.8) is 0 Å². The number of anilines is 1. The number of nitrogens with zero attached hydrogens (tertiary/aromatic N) is 4. The van der Waals surface area contributed by atoms with Crippen LogP contribution in [-0.2, 0) is 0 Å². The van der Waals surface area contributed by atoms with Crippen molar-refractivity contribution in [3.05, 3.63) is 28.8 Å². The van der Waals surface area contributed by atoms with Crippen LogP contribution >= 0.6 is 11.6 Å². The molecule has 0 unspecified atom stereocenters. The van der Waals surface area contributed by atoms with Gasteiger partial charge in [-0.25, -0.2) is 14.6 Å². The fourth-order valence-corrected chi connectivity index (χ4v) is 2.24. The summed E-state index contributed by atoms with van der Waals surface area (Å²) in [5, 5.41) is 8.24. The Balaban J connectivity index is 2.04. The molecule has 0 aliphatic heterocycles. The van der Waals surface area contributed by atoms with Crippen molar-refractivity contribution < 1.29 is 0 Å². The van der Waals surface area contributed by atoms with E-state index in [1.807, 2.05) is 6.92 Å². The van der Waals surface area contributed by atoms with Crippen LogP contribution in [0.3, 0.4) is 0 Å². The lowest BCUT2D eigenvalue weighted by Crippen LogP contribution is -2.11. The molecule has 2 aromatic rings. The summed E-state index contributed by atoms with van der Waals surface area (Å²) in [6.45, 7) is 5.06. The van der Waals surface area contributed by atoms with Crippen LogP contribution in [0.25, 0.3) is 5.82 Å². The average molecular weight is 292 g/mol. The molecular weight excluding hydrogens is 274 g/mol. The highest BCUT2D eigenvalue weighted by Gasteiger charge is 2.28. The molecule has 0 bridgehead atoms. The lowest BCUT2D eigenvalue weighted by atomic mass is 10.2. The number of hydrogen-bond donors (Lipinski definition) is 1. The number of hydrogen-bond acceptors (Lipinski definition) is 4. The number of aromatic nitrogens is 4. The summed E-state index contributed by atoms with van der Waals surface area (Å²) in [4.78, 5) is 9.35. The molecule has 2 heterocycles. The fourth-order valence-electron chi connectivity index (χ4n) is 2.10. The Hall–Kier alpha value is -1.62. The quantitative estimate of drug-likeness (QED) is 0.918. The number of rotatable bonds is 5. The third-order valence-corrected chi connectivity index (χ3v) is 3.59. The normalized spacial score (nSPS) is 14.6. The molecule has 0 atom stereocenters. The monoisotopic (exact) mass is 291 g/mol. The standard InChI is InChI=1S/C14H18ClN5/c1-3-6-16-12-9(2)14(20-8-11(15)7-17-20)19-13(18-12)10-4-5-10/h7-8,10H,3-6H2,1-2H3,(H,16,18,19). The van der Waals surface area contributed by atoms with E-state index >= 15 is 0 Å². The van der Waals surface area contributed by atoms with Gasteiger partial charge in [0, 0.05) is 18.0 Å². The van der Waals surface area contributed by atoms with Gasteiger partial charge < -0.3 is 5.32 Å². The zero-order chi connectivity index (χ0) is 14.1. The second kappa shape index (κ2) is 5.40. The Morgan fingerprint density at radius 2 is 2.20 bits per heavy atom. The molecule has 0 amide bonds. The van der Waals surface area contributed by atoms with Crippen LogP contribution < -0.4 is 5.32 Å². The zero-order valence-corrected chi connectivity index (χ0v) is 12.5. The van der Waals surface area contributed by atoms with Crippen molar-refractivity contribution in [2.24, 2.45) is 0 Å². The summed E-state index contributed by atoms with van der Waals surface area (Å²) in [6.07, 6.45) is 6.81. The summed E-state index contributed by atoms with van der Waals surface area (Å²) in [7, 11) is 0. The summed E-state index contributed by atoms with van der Waals surface area (Å²) in [5.74, 6) is 3.14. The van der Waals surface area contributed by atoms with Crippen molar-refractivity contribution >= 4 is 17.4 Å². The summed E-state index contributed by atoms with van der Waals surface area (Å²) in [6, 6.07) is 0. The molecule has 3 rings (SSSR count). The van der Waals surface area contributed by atoms with E-state index in [4.69, 9.17) is 11.6 Å². The molecule has 1 fully saturated rings. The first-order chi connectivity index (χ1) is 9.69. The van der Waals surface area contributed by atoms with Crippen molar-refractivity contribution in [1.29, 1.82) is 0 Å². The molecule has 1 N–H and O–H groups in total. The second-order valence-corrected chi connectivity index (χ2v) is 5.62. The molecule has 0 spiro atoms. The van der Waals surface area contributed by atoms with E-state index in [1.165, 1.54) is 12.8 Å². The van der Waals surface area contributed by atoms with E-state index in [1.54, 1.807) is 17.1 Å². The minimum absolute atomic E-state index is 0.502. The van der Waals surface area contributed by atoms with Crippen LogP contribution in [0.15, 0.2) is 12.4 Å². The molecule has 5 nitrogen and oxygen atoms in total. The molecule has 0 radical (unpaired) electrons. The molecule has 1 aliphatic rings. The Bertz CT molecular complexity index is 618. The van der Waals surface area contributed by atoms with Crippen LogP contribution in [-0.4, -0.2) is 26.3 Å². The fraction of sp³-hybridized carbons (Fsp3) is 0.500. The maximum Gasteiger partial charge on any atom is 0.162 e. The maximum absolute atomic E-state index is 5.96. The van der Waals surface area contributed by atoms with Crippen LogP contribution in [0.4, 0.5) is 5.82 Å². The highest BCUT2D eigenvalue weighted by Crippen LogP contribution is 2.39. The first kappa shape index (κ1) is 13.4. The van der Waals surface area contributed by atoms with E-state index in [2.05, 4.69) is 27.3 Å². The molecule has 2 aromatic heterocycles. The van der Waals surface area contributed by atoms with E-state index in [-0.39, 0.29) is 0 Å². The van der Waals surface area contributed by atoms with Crippen LogP contribution in [0.1, 0.15) is 43.5 Å². The smallest absolute Gasteiger partial charge is 0.162 e. The van der Waals surface area contributed by atoms with Crippen molar-refractivity contribution in [2.45, 2.75) is 39.0 Å². The van der Waals surface area contributed by atoms with Gasteiger partial charge in [-0.2, -0.15) is 5.10 Å². The third kappa shape index (κ3) is 2.63. The van der Waals surface area contributed by atoms with Gasteiger partial charge in [-0.05, 0) is 26.2 Å². The van der Waals surface area contributed by atoms with E-state index in [9.17, 15) is 0 Å². The Labute approximate surface area is 123 Å².